The average molecular weight is 339 g/mol. The van der Waals surface area contributed by atoms with Gasteiger partial charge in [0.15, 0.2) is 0 Å². The number of piperidine rings is 2. The minimum atomic E-state index is -0.0688. The van der Waals surface area contributed by atoms with Crippen molar-refractivity contribution < 1.29 is 4.79 Å². The van der Waals surface area contributed by atoms with Crippen LogP contribution in [-0.2, 0) is 0 Å². The number of rotatable bonds is 4. The highest BCUT2D eigenvalue weighted by molar-refractivity contribution is 5.93. The van der Waals surface area contributed by atoms with Crippen LogP contribution in [0.25, 0.3) is 11.3 Å². The molecule has 0 saturated carbocycles. The van der Waals surface area contributed by atoms with E-state index >= 15 is 0 Å². The van der Waals surface area contributed by atoms with E-state index < -0.39 is 0 Å². The van der Waals surface area contributed by atoms with E-state index in [0.29, 0.717) is 17.7 Å². The quantitative estimate of drug-likeness (QED) is 0.897. The average Bonchev–Trinajstić information content (AvgIpc) is 3.17. The fraction of sp³-hybridized carbons (Fsp3) is 0.526. The minimum absolute atomic E-state index is 0.0688. The highest BCUT2D eigenvalue weighted by Crippen LogP contribution is 2.30. The first kappa shape index (κ1) is 16.3. The van der Waals surface area contributed by atoms with Crippen LogP contribution in [0.1, 0.15) is 42.6 Å². The number of hydrogen-bond donors (Lipinski definition) is 2. The molecule has 4 rings (SSSR count). The summed E-state index contributed by atoms with van der Waals surface area (Å²) in [5.41, 5.74) is 2.24. The summed E-state index contributed by atoms with van der Waals surface area (Å²) in [5.74, 6) is 0.501. The number of H-pyrrole nitrogens is 1. The molecule has 0 aliphatic carbocycles. The van der Waals surface area contributed by atoms with Crippen LogP contribution in [0.4, 0.5) is 0 Å². The molecule has 2 aliphatic rings. The predicted octanol–water partition coefficient (Wildman–Crippen LogP) is 2.47. The number of fused-ring (bicyclic) bond motifs is 1. The predicted molar refractivity (Wildman–Crippen MR) is 96.1 cm³/mol. The Morgan fingerprint density at radius 1 is 1.20 bits per heavy atom. The summed E-state index contributed by atoms with van der Waals surface area (Å²) in [6.45, 7) is 3.21. The van der Waals surface area contributed by atoms with Gasteiger partial charge in [-0.3, -0.25) is 14.9 Å². The second-order valence-electron chi connectivity index (χ2n) is 7.11. The molecule has 4 heterocycles. The monoisotopic (exact) mass is 339 g/mol. The molecule has 6 nitrogen and oxygen atoms in total. The second-order valence-corrected chi connectivity index (χ2v) is 7.11. The second kappa shape index (κ2) is 7.35. The van der Waals surface area contributed by atoms with E-state index in [9.17, 15) is 4.79 Å². The molecule has 2 fully saturated rings. The Hall–Kier alpha value is -2.21. The zero-order chi connectivity index (χ0) is 17.1. The molecule has 6 heteroatoms. The summed E-state index contributed by atoms with van der Waals surface area (Å²) in [6, 6.07) is 6.23. The first-order valence-corrected chi connectivity index (χ1v) is 9.29. The number of hydrogen-bond acceptors (Lipinski definition) is 4. The summed E-state index contributed by atoms with van der Waals surface area (Å²) < 4.78 is 0. The zero-order valence-corrected chi connectivity index (χ0v) is 14.4. The Bertz CT molecular complexity index is 712. The Kier molecular flexibility index (Phi) is 4.78. The van der Waals surface area contributed by atoms with Gasteiger partial charge in [0.25, 0.3) is 5.91 Å². The van der Waals surface area contributed by atoms with Crippen LogP contribution in [0.15, 0.2) is 30.6 Å². The molecule has 2 aliphatic heterocycles. The molecule has 132 valence electrons. The van der Waals surface area contributed by atoms with Gasteiger partial charge in [0.05, 0.1) is 5.69 Å². The highest BCUT2D eigenvalue weighted by Gasteiger charge is 2.33. The van der Waals surface area contributed by atoms with Gasteiger partial charge in [-0.15, -0.1) is 0 Å². The van der Waals surface area contributed by atoms with Crippen molar-refractivity contribution in [1.29, 1.82) is 0 Å². The normalized spacial score (nSPS) is 23.8. The maximum atomic E-state index is 12.5. The Morgan fingerprint density at radius 3 is 2.92 bits per heavy atom. The van der Waals surface area contributed by atoms with Gasteiger partial charge in [0, 0.05) is 30.5 Å². The molecule has 0 aromatic carbocycles. The van der Waals surface area contributed by atoms with E-state index in [0.717, 1.165) is 17.8 Å². The standard InChI is InChI=1S/C19H25N5O/c25-19(17-12-16(22-23-17)14-6-8-20-9-7-14)21-13-15-4-3-11-24-10-2-1-5-18(15)24/h6-9,12,15,18H,1-5,10-11,13H2,(H,21,25)(H,22,23)/t15-,18+/m0/s1. The number of aromatic amines is 1. The van der Waals surface area contributed by atoms with Gasteiger partial charge < -0.3 is 10.2 Å². The molecular weight excluding hydrogens is 314 g/mol. The van der Waals surface area contributed by atoms with E-state index in [1.807, 2.05) is 12.1 Å². The first-order chi connectivity index (χ1) is 12.3. The molecule has 0 unspecified atom stereocenters. The SMILES string of the molecule is O=C(NC[C@@H]1CCCN2CCCC[C@H]12)c1cc(-c2ccncc2)n[nH]1. The Labute approximate surface area is 148 Å². The number of amides is 1. The van der Waals surface area contributed by atoms with E-state index in [4.69, 9.17) is 0 Å². The maximum Gasteiger partial charge on any atom is 0.269 e. The van der Waals surface area contributed by atoms with Crippen molar-refractivity contribution in [2.45, 2.75) is 38.1 Å². The number of carbonyl (C=O) groups excluding carboxylic acids is 1. The van der Waals surface area contributed by atoms with Crippen LogP contribution in [0.5, 0.6) is 0 Å². The number of carbonyl (C=O) groups is 1. The van der Waals surface area contributed by atoms with Crippen molar-refractivity contribution in [3.8, 4) is 11.3 Å². The minimum Gasteiger partial charge on any atom is -0.350 e. The van der Waals surface area contributed by atoms with Crippen molar-refractivity contribution in [1.82, 2.24) is 25.4 Å². The number of aromatic nitrogens is 3. The molecule has 2 atom stereocenters. The lowest BCUT2D eigenvalue weighted by molar-refractivity contribution is 0.0575. The third-order valence-electron chi connectivity index (χ3n) is 5.55. The summed E-state index contributed by atoms with van der Waals surface area (Å²) in [5, 5.41) is 10.2. The number of pyridine rings is 1. The lowest BCUT2D eigenvalue weighted by atomic mass is 9.83. The van der Waals surface area contributed by atoms with Crippen LogP contribution in [0.2, 0.25) is 0 Å². The van der Waals surface area contributed by atoms with Crippen molar-refractivity contribution in [2.75, 3.05) is 19.6 Å². The lowest BCUT2D eigenvalue weighted by Gasteiger charge is -2.44. The van der Waals surface area contributed by atoms with E-state index in [1.54, 1.807) is 18.5 Å². The molecule has 2 saturated heterocycles. The lowest BCUT2D eigenvalue weighted by Crippen LogP contribution is -2.51. The van der Waals surface area contributed by atoms with Gasteiger partial charge in [-0.25, -0.2) is 0 Å². The molecule has 2 aromatic rings. The van der Waals surface area contributed by atoms with Crippen LogP contribution < -0.4 is 5.32 Å². The van der Waals surface area contributed by atoms with Gasteiger partial charge >= 0.3 is 0 Å². The van der Waals surface area contributed by atoms with Crippen molar-refractivity contribution in [3.05, 3.63) is 36.3 Å². The van der Waals surface area contributed by atoms with Crippen LogP contribution in [-0.4, -0.2) is 51.7 Å². The van der Waals surface area contributed by atoms with Gasteiger partial charge in [0.2, 0.25) is 0 Å². The van der Waals surface area contributed by atoms with Crippen molar-refractivity contribution >= 4 is 5.91 Å². The Morgan fingerprint density at radius 2 is 2.04 bits per heavy atom. The Balaban J connectivity index is 1.37. The van der Waals surface area contributed by atoms with E-state index in [1.165, 1.54) is 45.2 Å². The molecule has 1 amide bonds. The molecule has 2 N–H and O–H groups in total. The van der Waals surface area contributed by atoms with Gasteiger partial charge in [-0.2, -0.15) is 5.10 Å². The number of nitrogens with zero attached hydrogens (tertiary/aromatic N) is 3. The zero-order valence-electron chi connectivity index (χ0n) is 14.4. The summed E-state index contributed by atoms with van der Waals surface area (Å²) in [6.07, 6.45) is 9.82. The van der Waals surface area contributed by atoms with Gasteiger partial charge in [-0.1, -0.05) is 6.42 Å². The summed E-state index contributed by atoms with van der Waals surface area (Å²) in [7, 11) is 0. The molecule has 0 radical (unpaired) electrons. The van der Waals surface area contributed by atoms with Gasteiger partial charge in [-0.05, 0) is 62.9 Å². The number of nitrogens with one attached hydrogen (secondary N) is 2. The van der Waals surface area contributed by atoms with Crippen LogP contribution in [0.3, 0.4) is 0 Å². The molecule has 0 bridgehead atoms. The van der Waals surface area contributed by atoms with Crippen molar-refractivity contribution in [2.24, 2.45) is 5.92 Å². The topological polar surface area (TPSA) is 73.9 Å². The van der Waals surface area contributed by atoms with E-state index in [-0.39, 0.29) is 5.91 Å². The van der Waals surface area contributed by atoms with E-state index in [2.05, 4.69) is 25.4 Å². The fourth-order valence-electron chi connectivity index (χ4n) is 4.24. The fourth-order valence-corrected chi connectivity index (χ4v) is 4.24. The van der Waals surface area contributed by atoms with Crippen molar-refractivity contribution in [3.63, 3.8) is 0 Å². The largest absolute Gasteiger partial charge is 0.350 e. The highest BCUT2D eigenvalue weighted by atomic mass is 16.1. The van der Waals surface area contributed by atoms with Gasteiger partial charge in [0.1, 0.15) is 5.69 Å². The third kappa shape index (κ3) is 3.58. The molecular formula is C19H25N5O. The third-order valence-corrected chi connectivity index (χ3v) is 5.55. The summed E-state index contributed by atoms with van der Waals surface area (Å²) in [4.78, 5) is 19.1. The smallest absolute Gasteiger partial charge is 0.269 e. The summed E-state index contributed by atoms with van der Waals surface area (Å²) >= 11 is 0. The first-order valence-electron chi connectivity index (χ1n) is 9.29. The maximum absolute atomic E-state index is 12.5. The molecule has 2 aromatic heterocycles. The van der Waals surface area contributed by atoms with Crippen LogP contribution in [0, 0.1) is 5.92 Å². The van der Waals surface area contributed by atoms with Crippen LogP contribution >= 0.6 is 0 Å². The molecule has 0 spiro atoms. The molecule has 25 heavy (non-hydrogen) atoms.